The normalized spacial score (nSPS) is 20.8. The Morgan fingerprint density at radius 3 is 2.94 bits per heavy atom. The summed E-state index contributed by atoms with van der Waals surface area (Å²) in [5.74, 6) is -0.703. The van der Waals surface area contributed by atoms with Gasteiger partial charge >= 0.3 is 5.97 Å². The van der Waals surface area contributed by atoms with E-state index in [1.54, 1.807) is 0 Å². The summed E-state index contributed by atoms with van der Waals surface area (Å²) in [4.78, 5) is 11.2. The molecule has 1 aromatic rings. The van der Waals surface area contributed by atoms with Gasteiger partial charge in [0.1, 0.15) is 6.04 Å². The molecule has 2 rings (SSSR count). The quantitative estimate of drug-likeness (QED) is 0.851. The second kappa shape index (κ2) is 5.10. The third-order valence-electron chi connectivity index (χ3n) is 3.69. The molecule has 0 radical (unpaired) electrons. The van der Waals surface area contributed by atoms with Crippen LogP contribution >= 0.6 is 0 Å². The van der Waals surface area contributed by atoms with E-state index in [1.807, 2.05) is 31.8 Å². The largest absolute Gasteiger partial charge is 0.480 e. The van der Waals surface area contributed by atoms with Gasteiger partial charge in [0.2, 0.25) is 0 Å². The molecule has 0 aromatic carbocycles. The molecule has 100 valence electrons. The predicted octanol–water partition coefficient (Wildman–Crippen LogP) is 1.50. The zero-order valence-corrected chi connectivity index (χ0v) is 11.2. The maximum Gasteiger partial charge on any atom is 0.320 e. The van der Waals surface area contributed by atoms with Crippen molar-refractivity contribution >= 4 is 5.97 Å². The summed E-state index contributed by atoms with van der Waals surface area (Å²) in [6.45, 7) is 3.86. The van der Waals surface area contributed by atoms with Crippen molar-refractivity contribution in [2.75, 3.05) is 0 Å². The fraction of sp³-hybridized carbons (Fsp3) is 0.692. The zero-order valence-electron chi connectivity index (χ0n) is 11.2. The number of nitrogens with one attached hydrogen (secondary N) is 1. The van der Waals surface area contributed by atoms with Crippen LogP contribution in [0.25, 0.3) is 0 Å². The molecule has 1 aliphatic carbocycles. The van der Waals surface area contributed by atoms with Gasteiger partial charge in [0.25, 0.3) is 0 Å². The zero-order chi connectivity index (χ0) is 13.3. The minimum absolute atomic E-state index is 0.0737. The molecule has 0 spiro atoms. The first-order valence-electron chi connectivity index (χ1n) is 6.50. The number of aromatic nitrogens is 2. The smallest absolute Gasteiger partial charge is 0.320 e. The van der Waals surface area contributed by atoms with Gasteiger partial charge in [0.15, 0.2) is 0 Å². The molecular formula is C13H21N3O2. The van der Waals surface area contributed by atoms with Crippen LogP contribution in [0.5, 0.6) is 0 Å². The van der Waals surface area contributed by atoms with Crippen LogP contribution < -0.4 is 5.32 Å². The summed E-state index contributed by atoms with van der Waals surface area (Å²) in [5.41, 5.74) is 2.39. The van der Waals surface area contributed by atoms with Crippen LogP contribution in [-0.4, -0.2) is 26.9 Å². The minimum atomic E-state index is -0.777. The van der Waals surface area contributed by atoms with Crippen LogP contribution in [0, 0.1) is 5.92 Å². The second-order valence-corrected chi connectivity index (χ2v) is 5.34. The lowest BCUT2D eigenvalue weighted by Gasteiger charge is -2.28. The maximum atomic E-state index is 11.2. The first-order valence-corrected chi connectivity index (χ1v) is 6.50. The van der Waals surface area contributed by atoms with Gasteiger partial charge in [-0.05, 0) is 25.2 Å². The van der Waals surface area contributed by atoms with E-state index in [0.717, 1.165) is 24.8 Å². The first-order chi connectivity index (χ1) is 8.50. The highest BCUT2D eigenvalue weighted by molar-refractivity contribution is 5.73. The van der Waals surface area contributed by atoms with E-state index < -0.39 is 12.0 Å². The third-order valence-corrected chi connectivity index (χ3v) is 3.69. The number of hydrogen-bond donors (Lipinski definition) is 2. The van der Waals surface area contributed by atoms with Crippen molar-refractivity contribution in [1.29, 1.82) is 0 Å². The number of carbonyl (C=O) groups is 1. The van der Waals surface area contributed by atoms with E-state index in [1.165, 1.54) is 5.69 Å². The van der Waals surface area contributed by atoms with Crippen LogP contribution in [0.2, 0.25) is 0 Å². The first kappa shape index (κ1) is 13.1. The molecule has 1 aliphatic rings. The predicted molar refractivity (Wildman–Crippen MR) is 68.3 cm³/mol. The average Bonchev–Trinajstić information content (AvgIpc) is 2.68. The molecular weight excluding hydrogens is 230 g/mol. The molecule has 0 aliphatic heterocycles. The van der Waals surface area contributed by atoms with Crippen LogP contribution in [0.3, 0.4) is 0 Å². The van der Waals surface area contributed by atoms with E-state index in [9.17, 15) is 9.90 Å². The lowest BCUT2D eigenvalue weighted by atomic mass is 9.91. The second-order valence-electron chi connectivity index (χ2n) is 5.34. The minimum Gasteiger partial charge on any atom is -0.480 e. The highest BCUT2D eigenvalue weighted by Gasteiger charge is 2.29. The Morgan fingerprint density at radius 1 is 1.61 bits per heavy atom. The molecule has 0 fully saturated rings. The Labute approximate surface area is 107 Å². The lowest BCUT2D eigenvalue weighted by molar-refractivity contribution is -0.141. The fourth-order valence-corrected chi connectivity index (χ4v) is 2.64. The molecule has 2 unspecified atom stereocenters. The molecule has 1 aromatic heterocycles. The Bertz CT molecular complexity index is 439. The van der Waals surface area contributed by atoms with Gasteiger partial charge in [-0.2, -0.15) is 5.10 Å². The van der Waals surface area contributed by atoms with Gasteiger partial charge in [-0.1, -0.05) is 13.8 Å². The number of carboxylic acid groups (broad SMARTS) is 1. The summed E-state index contributed by atoms with van der Waals surface area (Å²) < 4.78 is 1.90. The molecule has 1 heterocycles. The van der Waals surface area contributed by atoms with Crippen molar-refractivity contribution in [2.24, 2.45) is 13.0 Å². The van der Waals surface area contributed by atoms with Gasteiger partial charge < -0.3 is 5.11 Å². The number of nitrogens with zero attached hydrogens (tertiary/aromatic N) is 2. The summed E-state index contributed by atoms with van der Waals surface area (Å²) >= 11 is 0. The van der Waals surface area contributed by atoms with Crippen molar-refractivity contribution < 1.29 is 9.90 Å². The van der Waals surface area contributed by atoms with Crippen molar-refractivity contribution in [3.63, 3.8) is 0 Å². The number of rotatable bonds is 4. The van der Waals surface area contributed by atoms with E-state index in [-0.39, 0.29) is 12.0 Å². The monoisotopic (exact) mass is 251 g/mol. The molecule has 0 saturated carbocycles. The molecule has 2 N–H and O–H groups in total. The molecule has 0 saturated heterocycles. The number of aryl methyl sites for hydroxylation is 1. The number of aliphatic carboxylic acids is 1. The van der Waals surface area contributed by atoms with Gasteiger partial charge in [0.05, 0.1) is 6.20 Å². The Balaban J connectivity index is 2.18. The third kappa shape index (κ3) is 2.41. The summed E-state index contributed by atoms with van der Waals surface area (Å²) in [6, 6.07) is -0.382. The van der Waals surface area contributed by atoms with E-state index >= 15 is 0 Å². The van der Waals surface area contributed by atoms with E-state index in [0.29, 0.717) is 0 Å². The molecule has 2 atom stereocenters. The topological polar surface area (TPSA) is 67.2 Å². The number of hydrogen-bond acceptors (Lipinski definition) is 3. The molecule has 0 bridgehead atoms. The van der Waals surface area contributed by atoms with Crippen LogP contribution in [0.15, 0.2) is 6.20 Å². The van der Waals surface area contributed by atoms with Crippen LogP contribution in [0.4, 0.5) is 0 Å². The SMILES string of the molecule is CC(C)C(NC1CCCc2c1cnn2C)C(=O)O. The highest BCUT2D eigenvalue weighted by Crippen LogP contribution is 2.30. The Morgan fingerprint density at radius 2 is 2.33 bits per heavy atom. The molecule has 5 heteroatoms. The van der Waals surface area contributed by atoms with Crippen molar-refractivity contribution in [3.05, 3.63) is 17.5 Å². The summed E-state index contributed by atoms with van der Waals surface area (Å²) in [6.07, 6.45) is 4.96. The van der Waals surface area contributed by atoms with Crippen molar-refractivity contribution in [2.45, 2.75) is 45.2 Å². The summed E-state index contributed by atoms with van der Waals surface area (Å²) in [5, 5.41) is 16.8. The van der Waals surface area contributed by atoms with Crippen molar-refractivity contribution in [1.82, 2.24) is 15.1 Å². The molecule has 5 nitrogen and oxygen atoms in total. The van der Waals surface area contributed by atoms with E-state index in [4.69, 9.17) is 0 Å². The van der Waals surface area contributed by atoms with Gasteiger partial charge in [-0.3, -0.25) is 14.8 Å². The Hall–Kier alpha value is -1.36. The van der Waals surface area contributed by atoms with Crippen LogP contribution in [-0.2, 0) is 18.3 Å². The van der Waals surface area contributed by atoms with Crippen molar-refractivity contribution in [3.8, 4) is 0 Å². The molecule has 0 amide bonds. The highest BCUT2D eigenvalue weighted by atomic mass is 16.4. The Kier molecular flexibility index (Phi) is 3.71. The van der Waals surface area contributed by atoms with E-state index in [2.05, 4.69) is 10.4 Å². The standard InChI is InChI=1S/C13H21N3O2/c1-8(2)12(13(17)18)15-10-5-4-6-11-9(10)7-14-16(11)3/h7-8,10,12,15H,4-6H2,1-3H3,(H,17,18). The van der Waals surface area contributed by atoms with Gasteiger partial charge in [-0.15, -0.1) is 0 Å². The average molecular weight is 251 g/mol. The lowest BCUT2D eigenvalue weighted by Crippen LogP contribution is -2.43. The van der Waals surface area contributed by atoms with Crippen LogP contribution in [0.1, 0.15) is 44.0 Å². The number of fused-ring (bicyclic) bond motifs is 1. The maximum absolute atomic E-state index is 11.2. The summed E-state index contributed by atoms with van der Waals surface area (Å²) in [7, 11) is 1.94. The fourth-order valence-electron chi connectivity index (χ4n) is 2.64. The number of carboxylic acids is 1. The van der Waals surface area contributed by atoms with Gasteiger partial charge in [0, 0.05) is 24.3 Å². The van der Waals surface area contributed by atoms with Gasteiger partial charge in [-0.25, -0.2) is 0 Å². The molecule has 18 heavy (non-hydrogen) atoms.